The summed E-state index contributed by atoms with van der Waals surface area (Å²) in [7, 11) is 0. The molecule has 1 aliphatic carbocycles. The van der Waals surface area contributed by atoms with Crippen molar-refractivity contribution >= 4 is 39.4 Å². The summed E-state index contributed by atoms with van der Waals surface area (Å²) in [6.07, 6.45) is 3.94. The Morgan fingerprint density at radius 2 is 1.07 bits per heavy atom. The summed E-state index contributed by atoms with van der Waals surface area (Å²) >= 11 is 3.24. The molecular weight excluding hydrogens is 997 g/mol. The Balaban J connectivity index is 0.000000207. The van der Waals surface area contributed by atoms with Gasteiger partial charge in [-0.1, -0.05) is 110 Å². The Bertz CT molecular complexity index is 2560. The van der Waals surface area contributed by atoms with E-state index in [9.17, 15) is 35.9 Å². The fourth-order valence-electron chi connectivity index (χ4n) is 7.87. The van der Waals surface area contributed by atoms with Gasteiger partial charge in [-0.15, -0.1) is 20.4 Å². The van der Waals surface area contributed by atoms with Crippen LogP contribution in [-0.4, -0.2) is 75.4 Å². The molecule has 20 heteroatoms. The molecule has 0 spiro atoms. The fourth-order valence-corrected chi connectivity index (χ4v) is 8.07. The molecule has 3 heterocycles. The van der Waals surface area contributed by atoms with Gasteiger partial charge in [-0.3, -0.25) is 9.80 Å². The molecule has 0 bridgehead atoms. The minimum atomic E-state index is -2.91. The number of benzene rings is 4. The largest absolute Gasteiger partial charge is 0.415 e. The number of carbonyl (C=O) groups excluding carboxylic acids is 2. The van der Waals surface area contributed by atoms with Crippen molar-refractivity contribution in [3.63, 3.8) is 0 Å². The maximum Gasteiger partial charge on any atom is 0.322 e. The molecule has 2 fully saturated rings. The molecule has 13 nitrogen and oxygen atoms in total. The van der Waals surface area contributed by atoms with E-state index in [1.165, 1.54) is 66.2 Å². The van der Waals surface area contributed by atoms with Gasteiger partial charge in [-0.25, -0.2) is 18.4 Å². The lowest BCUT2D eigenvalue weighted by Crippen LogP contribution is -2.44. The molecule has 2 aromatic heterocycles. The summed E-state index contributed by atoms with van der Waals surface area (Å²) in [5, 5.41) is 19.8. The normalized spacial score (nSPS) is 14.3. The van der Waals surface area contributed by atoms with Crippen molar-refractivity contribution in [2.45, 2.75) is 84.7 Å². The van der Waals surface area contributed by atoms with Crippen molar-refractivity contribution in [1.29, 1.82) is 0 Å². The first-order valence-corrected chi connectivity index (χ1v) is 24.7. The van der Waals surface area contributed by atoms with E-state index in [1.807, 2.05) is 12.1 Å². The van der Waals surface area contributed by atoms with Crippen LogP contribution < -0.4 is 20.4 Å². The number of alkyl halides is 5. The molecule has 1 saturated heterocycles. The van der Waals surface area contributed by atoms with Crippen LogP contribution in [0, 0.1) is 23.5 Å². The van der Waals surface area contributed by atoms with Crippen LogP contribution in [-0.2, 0) is 13.1 Å². The Hall–Kier alpha value is -6.28. The van der Waals surface area contributed by atoms with Crippen molar-refractivity contribution in [3.8, 4) is 22.9 Å². The highest BCUT2D eigenvalue weighted by Gasteiger charge is 2.23. The third-order valence-electron chi connectivity index (χ3n) is 12.0. The third-order valence-corrected chi connectivity index (χ3v) is 12.4. The van der Waals surface area contributed by atoms with E-state index in [2.05, 4.69) is 65.7 Å². The number of anilines is 2. The van der Waals surface area contributed by atoms with Crippen LogP contribution in [0.4, 0.5) is 47.3 Å². The molecule has 4 amide bonds. The highest BCUT2D eigenvalue weighted by atomic mass is 79.9. The van der Waals surface area contributed by atoms with E-state index < -0.39 is 36.3 Å². The van der Waals surface area contributed by atoms with E-state index >= 15 is 0 Å². The van der Waals surface area contributed by atoms with Gasteiger partial charge in [0.15, 0.2) is 0 Å². The van der Waals surface area contributed by atoms with E-state index in [-0.39, 0.29) is 59.2 Å². The van der Waals surface area contributed by atoms with Gasteiger partial charge in [-0.05, 0) is 86.3 Å². The number of urea groups is 2. The standard InChI is InChI=1S/C25H28F3N5O2.C19H16BrF3N4O2.C7H14/c1-17-9-12-32(13-10-17)14-11-29-25(34)33(20-5-3-2-4-6-20)16-19-8-7-18(15-21(19)26)23-30-31-24(35-23)22(27)28;20-8-9-24-19(28)27(14-4-2-1-3-5-14)11-13-7-6-12(10-15(13)21)17-25-26-18(29-17)16(22)23;1-7-5-3-2-4-6-7/h2-8,15,17,22H,9-14,16H2,1H3,(H,29,34);1-7,10,16H,8-9,11H2,(H,24,28);7H,2-6H2,1H3. The Labute approximate surface area is 417 Å². The number of nitrogens with one attached hydrogen (secondary N) is 2. The first-order chi connectivity index (χ1) is 34.3. The molecule has 8 rings (SSSR count). The summed E-state index contributed by atoms with van der Waals surface area (Å²) in [5.74, 6) is -1.53. The molecule has 2 aliphatic rings. The van der Waals surface area contributed by atoms with Gasteiger partial charge in [0.05, 0.1) is 13.1 Å². The Morgan fingerprint density at radius 3 is 1.45 bits per heavy atom. The number of rotatable bonds is 15. The monoisotopic (exact) mass is 1050 g/mol. The number of hydrogen-bond acceptors (Lipinski definition) is 9. The summed E-state index contributed by atoms with van der Waals surface area (Å²) in [4.78, 5) is 30.8. The fraction of sp³-hybridized carbons (Fsp3) is 0.412. The zero-order valence-electron chi connectivity index (χ0n) is 39.6. The van der Waals surface area contributed by atoms with Crippen LogP contribution in [0.2, 0.25) is 0 Å². The van der Waals surface area contributed by atoms with Crippen LogP contribution in [0.5, 0.6) is 0 Å². The summed E-state index contributed by atoms with van der Waals surface area (Å²) in [6.45, 7) is 8.27. The zero-order chi connectivity index (χ0) is 50.7. The lowest BCUT2D eigenvalue weighted by Gasteiger charge is -2.30. The number of amides is 4. The second kappa shape index (κ2) is 27.4. The first kappa shape index (κ1) is 54.1. The quantitative estimate of drug-likeness (QED) is 0.0758. The van der Waals surface area contributed by atoms with E-state index in [0.29, 0.717) is 29.8 Å². The molecule has 0 unspecified atom stereocenters. The first-order valence-electron chi connectivity index (χ1n) is 23.6. The number of piperidine rings is 1. The highest BCUT2D eigenvalue weighted by Crippen LogP contribution is 2.29. The third kappa shape index (κ3) is 16.4. The second-order valence-electron chi connectivity index (χ2n) is 17.4. The van der Waals surface area contributed by atoms with Gasteiger partial charge >= 0.3 is 24.9 Å². The lowest BCUT2D eigenvalue weighted by atomic mass is 9.91. The van der Waals surface area contributed by atoms with Gasteiger partial charge in [0, 0.05) is 58.6 Å². The topological polar surface area (TPSA) is 146 Å². The minimum absolute atomic E-state index is 0.0185. The molecular formula is C51H58BrF6N9O4. The maximum atomic E-state index is 15.0. The average Bonchev–Trinajstić information content (AvgIpc) is 4.09. The predicted octanol–water partition coefficient (Wildman–Crippen LogP) is 12.8. The van der Waals surface area contributed by atoms with Crippen LogP contribution in [0.15, 0.2) is 106 Å². The predicted molar refractivity (Wildman–Crippen MR) is 262 cm³/mol. The summed E-state index contributed by atoms with van der Waals surface area (Å²) in [5.41, 5.74) is 2.06. The number of carbonyl (C=O) groups is 2. The number of halogens is 7. The molecule has 0 radical (unpaired) electrons. The van der Waals surface area contributed by atoms with Crippen molar-refractivity contribution < 1.29 is 44.8 Å². The van der Waals surface area contributed by atoms with Crippen LogP contribution >= 0.6 is 15.9 Å². The smallest absolute Gasteiger partial charge is 0.322 e. The van der Waals surface area contributed by atoms with Gasteiger partial charge in [0.1, 0.15) is 11.6 Å². The summed E-state index contributed by atoms with van der Waals surface area (Å²) in [6, 6.07) is 25.3. The van der Waals surface area contributed by atoms with Crippen molar-refractivity contribution in [2.75, 3.05) is 47.9 Å². The number of likely N-dealkylation sites (tertiary alicyclic amines) is 1. The number of nitrogens with zero attached hydrogens (tertiary/aromatic N) is 7. The number of para-hydroxylation sites is 2. The highest BCUT2D eigenvalue weighted by molar-refractivity contribution is 9.09. The van der Waals surface area contributed by atoms with Gasteiger partial charge in [-0.2, -0.15) is 17.6 Å². The molecule has 6 aromatic rings. The van der Waals surface area contributed by atoms with Gasteiger partial charge < -0.3 is 24.4 Å². The van der Waals surface area contributed by atoms with Crippen LogP contribution in [0.3, 0.4) is 0 Å². The van der Waals surface area contributed by atoms with Crippen LogP contribution in [0.25, 0.3) is 22.9 Å². The molecule has 1 saturated carbocycles. The average molecular weight is 1050 g/mol. The Morgan fingerprint density at radius 1 is 0.634 bits per heavy atom. The zero-order valence-corrected chi connectivity index (χ0v) is 41.1. The second-order valence-corrected chi connectivity index (χ2v) is 18.2. The molecule has 4 aromatic carbocycles. The van der Waals surface area contributed by atoms with Crippen LogP contribution in [0.1, 0.15) is 94.6 Å². The summed E-state index contributed by atoms with van der Waals surface area (Å²) < 4.78 is 90.0. The lowest BCUT2D eigenvalue weighted by molar-refractivity contribution is 0.115. The van der Waals surface area contributed by atoms with Crippen molar-refractivity contribution in [3.05, 3.63) is 132 Å². The van der Waals surface area contributed by atoms with Crippen molar-refractivity contribution in [2.24, 2.45) is 11.8 Å². The van der Waals surface area contributed by atoms with E-state index in [1.54, 1.807) is 48.5 Å². The van der Waals surface area contributed by atoms with E-state index in [0.717, 1.165) is 56.4 Å². The molecule has 2 N–H and O–H groups in total. The number of hydrogen-bond donors (Lipinski definition) is 2. The molecule has 380 valence electrons. The van der Waals surface area contributed by atoms with E-state index in [4.69, 9.17) is 8.83 Å². The van der Waals surface area contributed by atoms with Gasteiger partial charge in [0.25, 0.3) is 11.8 Å². The number of aromatic nitrogens is 4. The SMILES string of the molecule is CC1CCCCC1.CC1CCN(CCNC(=O)N(Cc2ccc(-c3nnc(C(F)F)o3)cc2F)c2ccccc2)CC1.O=C(NCCBr)N(Cc1ccc(-c2nnc(C(F)F)o2)cc1F)c1ccccc1. The Kier molecular flexibility index (Phi) is 20.8. The maximum absolute atomic E-state index is 15.0. The molecule has 71 heavy (non-hydrogen) atoms. The minimum Gasteiger partial charge on any atom is -0.415 e. The van der Waals surface area contributed by atoms with Gasteiger partial charge in [0.2, 0.25) is 11.8 Å². The van der Waals surface area contributed by atoms with Crippen molar-refractivity contribution in [1.82, 2.24) is 35.9 Å². The molecule has 0 atom stereocenters. The molecule has 1 aliphatic heterocycles.